The summed E-state index contributed by atoms with van der Waals surface area (Å²) in [5.41, 5.74) is 0. The van der Waals surface area contributed by atoms with E-state index in [1.165, 1.54) is 0 Å². The predicted octanol–water partition coefficient (Wildman–Crippen LogP) is 1.48. The molecule has 0 radical (unpaired) electrons. The molecule has 8 heteroatoms. The van der Waals surface area contributed by atoms with Crippen LogP contribution in [0.25, 0.3) is 0 Å². The minimum absolute atomic E-state index is 0.195. The quantitative estimate of drug-likeness (QED) is 0.848. The van der Waals surface area contributed by atoms with Crippen molar-refractivity contribution in [3.8, 4) is 0 Å². The summed E-state index contributed by atoms with van der Waals surface area (Å²) < 4.78 is 0. The highest BCUT2D eigenvalue weighted by Gasteiger charge is 2.31. The Labute approximate surface area is 153 Å². The standard InChI is InChI=1S/C18H26N6O2/c1-11-9-23(15-5-7-19-17(21-15)13(3)25)10-12(2)24(11)16-6-8-20-18(22-16)14(4)26/h5-8,11-14,25-26H,9-10H2,1-4H3/t11-,12+,13-,14+/m1/s1. The predicted molar refractivity (Wildman–Crippen MR) is 98.9 cm³/mol. The maximum absolute atomic E-state index is 9.75. The molecule has 8 nitrogen and oxygen atoms in total. The van der Waals surface area contributed by atoms with Crippen molar-refractivity contribution >= 4 is 11.6 Å². The molecule has 1 aliphatic heterocycles. The lowest BCUT2D eigenvalue weighted by Crippen LogP contribution is -2.57. The van der Waals surface area contributed by atoms with Gasteiger partial charge in [0.2, 0.25) is 0 Å². The van der Waals surface area contributed by atoms with Gasteiger partial charge in [0, 0.05) is 37.6 Å². The van der Waals surface area contributed by atoms with Crippen molar-refractivity contribution in [2.45, 2.75) is 52.0 Å². The number of piperazine rings is 1. The molecule has 2 N–H and O–H groups in total. The van der Waals surface area contributed by atoms with Gasteiger partial charge in [-0.15, -0.1) is 0 Å². The Morgan fingerprint density at radius 2 is 1.35 bits per heavy atom. The fourth-order valence-electron chi connectivity index (χ4n) is 3.41. The van der Waals surface area contributed by atoms with Crippen molar-refractivity contribution in [3.63, 3.8) is 0 Å². The van der Waals surface area contributed by atoms with E-state index in [-0.39, 0.29) is 12.1 Å². The summed E-state index contributed by atoms with van der Waals surface area (Å²) in [5.74, 6) is 2.51. The molecule has 0 unspecified atom stereocenters. The van der Waals surface area contributed by atoms with Crippen LogP contribution in [0.2, 0.25) is 0 Å². The molecular formula is C18H26N6O2. The van der Waals surface area contributed by atoms with E-state index in [1.807, 2.05) is 12.1 Å². The second-order valence-electron chi connectivity index (χ2n) is 6.91. The van der Waals surface area contributed by atoms with Crippen molar-refractivity contribution < 1.29 is 10.2 Å². The molecule has 0 aliphatic carbocycles. The minimum atomic E-state index is -0.693. The van der Waals surface area contributed by atoms with Crippen LogP contribution in [0.3, 0.4) is 0 Å². The first-order valence-electron chi connectivity index (χ1n) is 8.92. The molecule has 2 aromatic heterocycles. The van der Waals surface area contributed by atoms with Crippen LogP contribution in [-0.2, 0) is 0 Å². The van der Waals surface area contributed by atoms with Crippen LogP contribution in [0.1, 0.15) is 51.6 Å². The van der Waals surface area contributed by atoms with Gasteiger partial charge in [0.25, 0.3) is 0 Å². The third-order valence-corrected chi connectivity index (χ3v) is 4.57. The summed E-state index contributed by atoms with van der Waals surface area (Å²) in [7, 11) is 0. The Bertz CT molecular complexity index is 742. The van der Waals surface area contributed by atoms with Crippen molar-refractivity contribution in [2.75, 3.05) is 22.9 Å². The van der Waals surface area contributed by atoms with Gasteiger partial charge >= 0.3 is 0 Å². The van der Waals surface area contributed by atoms with E-state index in [2.05, 4.69) is 43.6 Å². The number of hydrogen-bond acceptors (Lipinski definition) is 8. The average Bonchev–Trinajstić information content (AvgIpc) is 2.61. The molecule has 0 bridgehead atoms. The summed E-state index contributed by atoms with van der Waals surface area (Å²) in [5, 5.41) is 19.5. The van der Waals surface area contributed by atoms with E-state index in [9.17, 15) is 10.2 Å². The molecule has 140 valence electrons. The van der Waals surface area contributed by atoms with Gasteiger partial charge in [0.15, 0.2) is 11.6 Å². The van der Waals surface area contributed by atoms with E-state index in [1.54, 1.807) is 26.2 Å². The van der Waals surface area contributed by atoms with Crippen LogP contribution in [0.15, 0.2) is 24.5 Å². The van der Waals surface area contributed by atoms with Crippen molar-refractivity contribution in [1.82, 2.24) is 19.9 Å². The SMILES string of the molecule is C[C@H](O)c1nccc(N2[C@H](C)CN(c3ccnc([C@@H](C)O)n3)C[C@@H]2C)n1. The van der Waals surface area contributed by atoms with Gasteiger partial charge in [0.05, 0.1) is 0 Å². The van der Waals surface area contributed by atoms with Crippen molar-refractivity contribution in [2.24, 2.45) is 0 Å². The number of aliphatic hydroxyl groups is 2. The van der Waals surface area contributed by atoms with Crippen LogP contribution >= 0.6 is 0 Å². The van der Waals surface area contributed by atoms with Gasteiger partial charge in [-0.25, -0.2) is 19.9 Å². The first kappa shape index (κ1) is 18.5. The molecule has 1 saturated heterocycles. The van der Waals surface area contributed by atoms with Gasteiger partial charge in [-0.1, -0.05) is 0 Å². The summed E-state index contributed by atoms with van der Waals surface area (Å²) >= 11 is 0. The van der Waals surface area contributed by atoms with Gasteiger partial charge in [0.1, 0.15) is 23.8 Å². The number of rotatable bonds is 4. The maximum atomic E-state index is 9.75. The smallest absolute Gasteiger partial charge is 0.158 e. The highest BCUT2D eigenvalue weighted by molar-refractivity contribution is 5.47. The number of aliphatic hydroxyl groups excluding tert-OH is 2. The fourth-order valence-corrected chi connectivity index (χ4v) is 3.41. The number of anilines is 2. The summed E-state index contributed by atoms with van der Waals surface area (Å²) in [6.45, 7) is 9.16. The van der Waals surface area contributed by atoms with Crippen molar-refractivity contribution in [3.05, 3.63) is 36.2 Å². The molecule has 3 rings (SSSR count). The molecule has 0 spiro atoms. The first-order valence-corrected chi connectivity index (χ1v) is 8.92. The Morgan fingerprint density at radius 1 is 0.885 bits per heavy atom. The number of aromatic nitrogens is 4. The van der Waals surface area contributed by atoms with Gasteiger partial charge in [-0.05, 0) is 39.8 Å². The zero-order valence-corrected chi connectivity index (χ0v) is 15.6. The van der Waals surface area contributed by atoms with Crippen molar-refractivity contribution in [1.29, 1.82) is 0 Å². The Balaban J connectivity index is 1.81. The van der Waals surface area contributed by atoms with E-state index in [0.717, 1.165) is 24.7 Å². The Kier molecular flexibility index (Phi) is 5.33. The van der Waals surface area contributed by atoms with Crippen LogP contribution in [0.4, 0.5) is 11.6 Å². The van der Waals surface area contributed by atoms with Gasteiger partial charge < -0.3 is 20.0 Å². The van der Waals surface area contributed by atoms with E-state index < -0.39 is 12.2 Å². The lowest BCUT2D eigenvalue weighted by Gasteiger charge is -2.45. The number of nitrogens with zero attached hydrogens (tertiary/aromatic N) is 6. The molecule has 1 fully saturated rings. The molecule has 0 aromatic carbocycles. The number of hydrogen-bond donors (Lipinski definition) is 2. The Morgan fingerprint density at radius 3 is 1.85 bits per heavy atom. The van der Waals surface area contributed by atoms with Crippen LogP contribution < -0.4 is 9.80 Å². The first-order chi connectivity index (χ1) is 12.4. The Hall–Kier alpha value is -2.32. The average molecular weight is 358 g/mol. The molecule has 1 aliphatic rings. The van der Waals surface area contributed by atoms with Gasteiger partial charge in [-0.3, -0.25) is 0 Å². The zero-order chi connectivity index (χ0) is 18.8. The third-order valence-electron chi connectivity index (χ3n) is 4.57. The minimum Gasteiger partial charge on any atom is -0.385 e. The third kappa shape index (κ3) is 3.76. The van der Waals surface area contributed by atoms with Crippen LogP contribution in [0.5, 0.6) is 0 Å². The lowest BCUT2D eigenvalue weighted by molar-refractivity contribution is 0.188. The second-order valence-corrected chi connectivity index (χ2v) is 6.91. The van der Waals surface area contributed by atoms with E-state index >= 15 is 0 Å². The topological polar surface area (TPSA) is 98.5 Å². The normalized spacial score (nSPS) is 23.0. The fraction of sp³-hybridized carbons (Fsp3) is 0.556. The van der Waals surface area contributed by atoms with Crippen LogP contribution in [0, 0.1) is 0 Å². The summed E-state index contributed by atoms with van der Waals surface area (Å²) in [6, 6.07) is 4.14. The summed E-state index contributed by atoms with van der Waals surface area (Å²) in [4.78, 5) is 21.7. The largest absolute Gasteiger partial charge is 0.385 e. The molecule has 26 heavy (non-hydrogen) atoms. The highest BCUT2D eigenvalue weighted by Crippen LogP contribution is 2.26. The molecular weight excluding hydrogens is 332 g/mol. The lowest BCUT2D eigenvalue weighted by atomic mass is 10.1. The molecule has 4 atom stereocenters. The second kappa shape index (κ2) is 7.51. The molecule has 3 heterocycles. The monoisotopic (exact) mass is 358 g/mol. The van der Waals surface area contributed by atoms with E-state index in [0.29, 0.717) is 11.6 Å². The molecule has 2 aromatic rings. The summed E-state index contributed by atoms with van der Waals surface area (Å²) in [6.07, 6.45) is 1.99. The molecule has 0 amide bonds. The maximum Gasteiger partial charge on any atom is 0.158 e. The van der Waals surface area contributed by atoms with E-state index in [4.69, 9.17) is 0 Å². The zero-order valence-electron chi connectivity index (χ0n) is 15.6. The van der Waals surface area contributed by atoms with Gasteiger partial charge in [-0.2, -0.15) is 0 Å². The van der Waals surface area contributed by atoms with Crippen LogP contribution in [-0.4, -0.2) is 55.3 Å². The molecule has 0 saturated carbocycles. The highest BCUT2D eigenvalue weighted by atomic mass is 16.3.